The van der Waals surface area contributed by atoms with Crippen LogP contribution in [-0.2, 0) is 4.79 Å². The number of halogens is 1. The Morgan fingerprint density at radius 2 is 1.41 bits per heavy atom. The molecule has 0 atom stereocenters. The summed E-state index contributed by atoms with van der Waals surface area (Å²) < 4.78 is 13.1. The van der Waals surface area contributed by atoms with Gasteiger partial charge in [-0.05, 0) is 48.5 Å². The lowest BCUT2D eigenvalue weighted by atomic mass is 9.83. The van der Waals surface area contributed by atoms with Gasteiger partial charge in [-0.25, -0.2) is 4.39 Å². The average molecular weight is 511 g/mol. The monoisotopic (exact) mass is 510 g/mol. The van der Waals surface area contributed by atoms with E-state index in [0.29, 0.717) is 22.4 Å². The van der Waals surface area contributed by atoms with E-state index in [1.54, 1.807) is 66.7 Å². The van der Waals surface area contributed by atoms with Gasteiger partial charge in [-0.3, -0.25) is 19.2 Å². The molecule has 1 aliphatic carbocycles. The summed E-state index contributed by atoms with van der Waals surface area (Å²) in [5.74, 6) is -1.68. The van der Waals surface area contributed by atoms with Gasteiger partial charge in [0.2, 0.25) is 5.91 Å². The summed E-state index contributed by atoms with van der Waals surface area (Å²) in [5, 5.41) is 5.51. The number of thioether (sulfide) groups is 1. The second-order valence-electron chi connectivity index (χ2n) is 8.26. The van der Waals surface area contributed by atoms with E-state index in [4.69, 9.17) is 0 Å². The van der Waals surface area contributed by atoms with Crippen molar-refractivity contribution in [3.63, 3.8) is 0 Å². The van der Waals surface area contributed by atoms with Gasteiger partial charge in [-0.15, -0.1) is 11.8 Å². The highest BCUT2D eigenvalue weighted by atomic mass is 32.2. The molecule has 2 amide bonds. The normalized spacial score (nSPS) is 11.9. The predicted octanol–water partition coefficient (Wildman–Crippen LogP) is 5.58. The number of amides is 2. The standard InChI is InChI=1S/C29H19FN2O4S/c30-18-13-11-17(12-14-18)29(36)31-19-5-3-6-20(15-19)37-16-25(33)32-24-10-4-9-23-26(24)28(35)22-8-2-1-7-21(22)27(23)34/h1-15H,16H2,(H,31,36)(H,32,33). The average Bonchev–Trinajstić information content (AvgIpc) is 2.91. The third-order valence-corrected chi connectivity index (χ3v) is 6.79. The Balaban J connectivity index is 1.25. The van der Waals surface area contributed by atoms with Crippen molar-refractivity contribution in [3.05, 3.63) is 125 Å². The lowest BCUT2D eigenvalue weighted by Gasteiger charge is -2.20. The van der Waals surface area contributed by atoms with Crippen LogP contribution in [0.4, 0.5) is 15.8 Å². The van der Waals surface area contributed by atoms with Crippen LogP contribution in [0, 0.1) is 5.82 Å². The molecule has 2 N–H and O–H groups in total. The van der Waals surface area contributed by atoms with Crippen LogP contribution in [0.15, 0.2) is 95.9 Å². The number of rotatable bonds is 6. The maximum atomic E-state index is 13.1. The van der Waals surface area contributed by atoms with Gasteiger partial charge in [-0.2, -0.15) is 0 Å². The quantitative estimate of drug-likeness (QED) is 0.291. The van der Waals surface area contributed by atoms with Crippen molar-refractivity contribution in [2.24, 2.45) is 0 Å². The molecule has 182 valence electrons. The molecule has 0 saturated heterocycles. The molecular weight excluding hydrogens is 491 g/mol. The first-order valence-corrected chi connectivity index (χ1v) is 12.3. The van der Waals surface area contributed by atoms with Crippen LogP contribution in [0.5, 0.6) is 0 Å². The van der Waals surface area contributed by atoms with Crippen molar-refractivity contribution >= 4 is 46.5 Å². The summed E-state index contributed by atoms with van der Waals surface area (Å²) in [5.41, 5.74) is 2.26. The minimum atomic E-state index is -0.426. The lowest BCUT2D eigenvalue weighted by molar-refractivity contribution is -0.113. The van der Waals surface area contributed by atoms with Crippen LogP contribution >= 0.6 is 11.8 Å². The summed E-state index contributed by atoms with van der Waals surface area (Å²) in [7, 11) is 0. The fourth-order valence-corrected chi connectivity index (χ4v) is 4.81. The molecule has 5 rings (SSSR count). The van der Waals surface area contributed by atoms with E-state index in [0.717, 1.165) is 4.90 Å². The first-order chi connectivity index (χ1) is 17.9. The van der Waals surface area contributed by atoms with E-state index in [9.17, 15) is 23.6 Å². The zero-order valence-electron chi connectivity index (χ0n) is 19.3. The number of carbonyl (C=O) groups is 4. The molecule has 0 aliphatic heterocycles. The number of hydrogen-bond donors (Lipinski definition) is 2. The van der Waals surface area contributed by atoms with Crippen molar-refractivity contribution in [3.8, 4) is 0 Å². The van der Waals surface area contributed by atoms with Gasteiger partial charge in [0.25, 0.3) is 5.91 Å². The molecule has 37 heavy (non-hydrogen) atoms. The van der Waals surface area contributed by atoms with E-state index in [-0.39, 0.29) is 45.9 Å². The number of carbonyl (C=O) groups excluding carboxylic acids is 4. The largest absolute Gasteiger partial charge is 0.325 e. The number of hydrogen-bond acceptors (Lipinski definition) is 5. The fourth-order valence-electron chi connectivity index (χ4n) is 4.05. The van der Waals surface area contributed by atoms with Crippen molar-refractivity contribution in [1.82, 2.24) is 0 Å². The number of nitrogens with one attached hydrogen (secondary N) is 2. The van der Waals surface area contributed by atoms with Gasteiger partial charge in [0, 0.05) is 32.8 Å². The Kier molecular flexibility index (Phi) is 6.66. The maximum Gasteiger partial charge on any atom is 0.255 e. The van der Waals surface area contributed by atoms with Crippen molar-refractivity contribution in [2.45, 2.75) is 4.90 Å². The number of fused-ring (bicyclic) bond motifs is 2. The summed E-state index contributed by atoms with van der Waals surface area (Å²) >= 11 is 1.25. The molecule has 4 aromatic rings. The van der Waals surface area contributed by atoms with E-state index >= 15 is 0 Å². The number of anilines is 2. The van der Waals surface area contributed by atoms with Crippen LogP contribution in [0.25, 0.3) is 0 Å². The van der Waals surface area contributed by atoms with E-state index in [1.807, 2.05) is 0 Å². The highest BCUT2D eigenvalue weighted by Crippen LogP contribution is 2.32. The molecule has 0 heterocycles. The Hall–Kier alpha value is -4.56. The molecule has 4 aromatic carbocycles. The van der Waals surface area contributed by atoms with Gasteiger partial charge >= 0.3 is 0 Å². The second kappa shape index (κ2) is 10.2. The third-order valence-electron chi connectivity index (χ3n) is 5.79. The van der Waals surface area contributed by atoms with Crippen molar-refractivity contribution < 1.29 is 23.6 Å². The van der Waals surface area contributed by atoms with E-state index < -0.39 is 5.82 Å². The van der Waals surface area contributed by atoms with Gasteiger partial charge in [-0.1, -0.05) is 42.5 Å². The molecule has 6 nitrogen and oxygen atoms in total. The lowest BCUT2D eigenvalue weighted by Crippen LogP contribution is -2.24. The first kappa shape index (κ1) is 24.1. The summed E-state index contributed by atoms with van der Waals surface area (Å²) in [6.45, 7) is 0. The number of benzene rings is 4. The molecule has 0 fully saturated rings. The molecule has 0 bridgehead atoms. The molecule has 0 radical (unpaired) electrons. The Morgan fingerprint density at radius 1 is 0.730 bits per heavy atom. The fraction of sp³-hybridized carbons (Fsp3) is 0.0345. The minimum absolute atomic E-state index is 0.0394. The molecule has 0 saturated carbocycles. The predicted molar refractivity (Wildman–Crippen MR) is 140 cm³/mol. The summed E-state index contributed by atoms with van der Waals surface area (Å²) in [4.78, 5) is 51.9. The molecular formula is C29H19FN2O4S. The highest BCUT2D eigenvalue weighted by molar-refractivity contribution is 8.00. The molecule has 0 unspecified atom stereocenters. The van der Waals surface area contributed by atoms with E-state index in [1.165, 1.54) is 36.0 Å². The molecule has 0 spiro atoms. The topological polar surface area (TPSA) is 92.3 Å². The first-order valence-electron chi connectivity index (χ1n) is 11.3. The van der Waals surface area contributed by atoms with Gasteiger partial charge < -0.3 is 10.6 Å². The Labute approximate surface area is 215 Å². The smallest absolute Gasteiger partial charge is 0.255 e. The van der Waals surface area contributed by atoms with Crippen LogP contribution in [0.3, 0.4) is 0 Å². The summed E-state index contributed by atoms with van der Waals surface area (Å²) in [6, 6.07) is 23.7. The zero-order chi connectivity index (χ0) is 25.9. The van der Waals surface area contributed by atoms with Crippen molar-refractivity contribution in [1.29, 1.82) is 0 Å². The zero-order valence-corrected chi connectivity index (χ0v) is 20.1. The maximum absolute atomic E-state index is 13.1. The van der Waals surface area contributed by atoms with Gasteiger partial charge in [0.1, 0.15) is 5.82 Å². The van der Waals surface area contributed by atoms with Gasteiger partial charge in [0.15, 0.2) is 11.6 Å². The highest BCUT2D eigenvalue weighted by Gasteiger charge is 2.31. The number of ketones is 2. The van der Waals surface area contributed by atoms with Crippen LogP contribution < -0.4 is 10.6 Å². The third kappa shape index (κ3) is 5.05. The minimum Gasteiger partial charge on any atom is -0.325 e. The molecule has 8 heteroatoms. The SMILES string of the molecule is O=C(CSc1cccc(NC(=O)c2ccc(F)cc2)c1)Nc1cccc2c1C(=O)c1ccccc1C2=O. The molecule has 1 aliphatic rings. The van der Waals surface area contributed by atoms with Gasteiger partial charge in [0.05, 0.1) is 17.0 Å². The summed E-state index contributed by atoms with van der Waals surface area (Å²) in [6.07, 6.45) is 0. The Bertz CT molecular complexity index is 1570. The van der Waals surface area contributed by atoms with E-state index in [2.05, 4.69) is 10.6 Å². The molecule has 0 aromatic heterocycles. The Morgan fingerprint density at radius 3 is 2.16 bits per heavy atom. The van der Waals surface area contributed by atoms with Crippen molar-refractivity contribution in [2.75, 3.05) is 16.4 Å². The second-order valence-corrected chi connectivity index (χ2v) is 9.31. The van der Waals surface area contributed by atoms with Crippen LogP contribution in [0.1, 0.15) is 42.2 Å². The van der Waals surface area contributed by atoms with Crippen LogP contribution in [-0.4, -0.2) is 29.1 Å². The van der Waals surface area contributed by atoms with Crippen LogP contribution in [0.2, 0.25) is 0 Å².